The van der Waals surface area contributed by atoms with Gasteiger partial charge in [0.15, 0.2) is 0 Å². The summed E-state index contributed by atoms with van der Waals surface area (Å²) in [4.78, 5) is 0. The molecule has 0 N–H and O–H groups in total. The van der Waals surface area contributed by atoms with Gasteiger partial charge >= 0.3 is 0 Å². The van der Waals surface area contributed by atoms with Crippen molar-refractivity contribution in [3.8, 4) is 11.1 Å². The van der Waals surface area contributed by atoms with E-state index in [-0.39, 0.29) is 0 Å². The number of nitrogens with zero attached hydrogens (tertiary/aromatic N) is 1. The molecule has 17 heavy (non-hydrogen) atoms. The normalized spacial score (nSPS) is 14.6. The van der Waals surface area contributed by atoms with Gasteiger partial charge in [-0.1, -0.05) is 37.3 Å². The molecule has 2 heterocycles. The Kier molecular flexibility index (Phi) is 2.76. The van der Waals surface area contributed by atoms with E-state index in [1.165, 1.54) is 48.3 Å². The fraction of sp³-hybridized carbons (Fsp3) is 0.375. The van der Waals surface area contributed by atoms with Crippen molar-refractivity contribution in [3.63, 3.8) is 0 Å². The number of fused-ring (bicyclic) bond motifs is 1. The third kappa shape index (κ3) is 1.80. The van der Waals surface area contributed by atoms with Crippen LogP contribution in [0, 0.1) is 0 Å². The van der Waals surface area contributed by atoms with Crippen LogP contribution in [0.5, 0.6) is 0 Å². The average Bonchev–Trinajstić information content (AvgIpc) is 2.78. The molecule has 2 aromatic rings. The molecule has 1 aliphatic heterocycles. The van der Waals surface area contributed by atoms with Crippen molar-refractivity contribution < 1.29 is 0 Å². The number of aromatic nitrogens is 1. The monoisotopic (exact) mass is 225 g/mol. The topological polar surface area (TPSA) is 4.93 Å². The molecular weight excluding hydrogens is 206 g/mol. The van der Waals surface area contributed by atoms with E-state index < -0.39 is 0 Å². The predicted octanol–water partition coefficient (Wildman–Crippen LogP) is 4.05. The number of hydrogen-bond donors (Lipinski definition) is 0. The highest BCUT2D eigenvalue weighted by atomic mass is 15.0. The van der Waals surface area contributed by atoms with Crippen LogP contribution in [0.25, 0.3) is 11.1 Å². The van der Waals surface area contributed by atoms with Gasteiger partial charge in [0.2, 0.25) is 0 Å². The van der Waals surface area contributed by atoms with Crippen LogP contribution in [0.4, 0.5) is 0 Å². The first kappa shape index (κ1) is 10.6. The maximum atomic E-state index is 2.55. The van der Waals surface area contributed by atoms with E-state index in [1.807, 2.05) is 0 Å². The molecule has 1 nitrogen and oxygen atoms in total. The lowest BCUT2D eigenvalue weighted by Crippen LogP contribution is -2.11. The zero-order valence-electron chi connectivity index (χ0n) is 10.4. The van der Waals surface area contributed by atoms with Crippen molar-refractivity contribution in [3.05, 3.63) is 47.8 Å². The molecule has 0 aliphatic carbocycles. The summed E-state index contributed by atoms with van der Waals surface area (Å²) in [6.45, 7) is 3.48. The summed E-state index contributed by atoms with van der Waals surface area (Å²) in [7, 11) is 0. The molecular formula is C16H19N. The quantitative estimate of drug-likeness (QED) is 0.726. The van der Waals surface area contributed by atoms with Crippen LogP contribution in [-0.4, -0.2) is 4.57 Å². The van der Waals surface area contributed by atoms with Gasteiger partial charge in [-0.05, 0) is 37.3 Å². The number of hydrogen-bond acceptors (Lipinski definition) is 0. The Hall–Kier alpha value is -1.50. The standard InChI is InChI=1S/C16H19N/c1-2-16-15(13-8-4-3-5-9-13)12-14-10-6-7-11-17(14)16/h3-5,8-9,12H,2,6-7,10-11H2,1H3. The smallest absolute Gasteiger partial charge is 0.0253 e. The molecule has 88 valence electrons. The zero-order valence-corrected chi connectivity index (χ0v) is 10.4. The Morgan fingerprint density at radius 2 is 1.94 bits per heavy atom. The summed E-state index contributed by atoms with van der Waals surface area (Å²) >= 11 is 0. The van der Waals surface area contributed by atoms with Gasteiger partial charge in [-0.25, -0.2) is 0 Å². The van der Waals surface area contributed by atoms with Crippen molar-refractivity contribution in [2.45, 2.75) is 39.2 Å². The second kappa shape index (κ2) is 4.40. The van der Waals surface area contributed by atoms with Crippen molar-refractivity contribution in [2.24, 2.45) is 0 Å². The Bertz CT molecular complexity index is 508. The second-order valence-corrected chi connectivity index (χ2v) is 4.82. The highest BCUT2D eigenvalue weighted by molar-refractivity contribution is 5.67. The van der Waals surface area contributed by atoms with Gasteiger partial charge in [-0.2, -0.15) is 0 Å². The lowest BCUT2D eigenvalue weighted by Gasteiger charge is -2.17. The molecule has 0 radical (unpaired) electrons. The van der Waals surface area contributed by atoms with Gasteiger partial charge in [0.25, 0.3) is 0 Å². The van der Waals surface area contributed by atoms with Gasteiger partial charge in [-0.3, -0.25) is 0 Å². The summed E-state index contributed by atoms with van der Waals surface area (Å²) in [6, 6.07) is 13.2. The predicted molar refractivity (Wildman–Crippen MR) is 72.2 cm³/mol. The number of rotatable bonds is 2. The SMILES string of the molecule is CCc1c(-c2ccccc2)cc2n1CCCC2. The van der Waals surface area contributed by atoms with Crippen LogP contribution in [0.1, 0.15) is 31.2 Å². The number of aryl methyl sites for hydroxylation is 1. The summed E-state index contributed by atoms with van der Waals surface area (Å²) < 4.78 is 2.55. The lowest BCUT2D eigenvalue weighted by molar-refractivity contribution is 0.519. The van der Waals surface area contributed by atoms with Gasteiger partial charge < -0.3 is 4.57 Å². The van der Waals surface area contributed by atoms with Crippen molar-refractivity contribution in [2.75, 3.05) is 0 Å². The number of benzene rings is 1. The largest absolute Gasteiger partial charge is 0.348 e. The van der Waals surface area contributed by atoms with Crippen molar-refractivity contribution in [1.82, 2.24) is 4.57 Å². The van der Waals surface area contributed by atoms with E-state index in [1.54, 1.807) is 0 Å². The Morgan fingerprint density at radius 1 is 1.12 bits per heavy atom. The molecule has 0 saturated carbocycles. The van der Waals surface area contributed by atoms with Crippen LogP contribution in [0.15, 0.2) is 36.4 Å². The summed E-state index contributed by atoms with van der Waals surface area (Å²) in [5, 5.41) is 0. The van der Waals surface area contributed by atoms with E-state index in [4.69, 9.17) is 0 Å². The molecule has 1 aliphatic rings. The molecule has 1 aromatic carbocycles. The third-order valence-electron chi connectivity index (χ3n) is 3.78. The van der Waals surface area contributed by atoms with Crippen molar-refractivity contribution in [1.29, 1.82) is 0 Å². The molecule has 0 unspecified atom stereocenters. The molecule has 1 heteroatoms. The molecule has 0 saturated heterocycles. The van der Waals surface area contributed by atoms with Crippen LogP contribution >= 0.6 is 0 Å². The van der Waals surface area contributed by atoms with Crippen LogP contribution in [0.3, 0.4) is 0 Å². The third-order valence-corrected chi connectivity index (χ3v) is 3.78. The van der Waals surface area contributed by atoms with Crippen LogP contribution in [0.2, 0.25) is 0 Å². The Labute approximate surface area is 103 Å². The van der Waals surface area contributed by atoms with E-state index in [2.05, 4.69) is 47.9 Å². The van der Waals surface area contributed by atoms with Crippen molar-refractivity contribution >= 4 is 0 Å². The average molecular weight is 225 g/mol. The highest BCUT2D eigenvalue weighted by Crippen LogP contribution is 2.30. The van der Waals surface area contributed by atoms with E-state index in [9.17, 15) is 0 Å². The van der Waals surface area contributed by atoms with E-state index in [0.717, 1.165) is 6.42 Å². The first-order chi connectivity index (χ1) is 8.40. The minimum absolute atomic E-state index is 1.13. The fourth-order valence-electron chi connectivity index (χ4n) is 2.96. The maximum Gasteiger partial charge on any atom is 0.0253 e. The molecule has 1 aromatic heterocycles. The van der Waals surface area contributed by atoms with Gasteiger partial charge in [-0.15, -0.1) is 0 Å². The summed E-state index contributed by atoms with van der Waals surface area (Å²) in [6.07, 6.45) is 5.06. The second-order valence-electron chi connectivity index (χ2n) is 4.82. The van der Waals surface area contributed by atoms with Crippen LogP contribution < -0.4 is 0 Å². The highest BCUT2D eigenvalue weighted by Gasteiger charge is 2.17. The summed E-state index contributed by atoms with van der Waals surface area (Å²) in [5.74, 6) is 0. The molecule has 3 rings (SSSR count). The molecule has 0 bridgehead atoms. The Morgan fingerprint density at radius 3 is 2.71 bits per heavy atom. The molecule has 0 amide bonds. The summed E-state index contributed by atoms with van der Waals surface area (Å²) in [5.41, 5.74) is 5.87. The van der Waals surface area contributed by atoms with E-state index >= 15 is 0 Å². The van der Waals surface area contributed by atoms with Crippen LogP contribution in [-0.2, 0) is 19.4 Å². The maximum absolute atomic E-state index is 2.55. The lowest BCUT2D eigenvalue weighted by atomic mass is 10.0. The fourth-order valence-corrected chi connectivity index (χ4v) is 2.96. The first-order valence-corrected chi connectivity index (χ1v) is 6.67. The minimum atomic E-state index is 1.13. The minimum Gasteiger partial charge on any atom is -0.348 e. The Balaban J connectivity index is 2.14. The van der Waals surface area contributed by atoms with Gasteiger partial charge in [0, 0.05) is 23.5 Å². The molecule has 0 fully saturated rings. The van der Waals surface area contributed by atoms with Gasteiger partial charge in [0.05, 0.1) is 0 Å². The van der Waals surface area contributed by atoms with E-state index in [0.29, 0.717) is 0 Å². The molecule has 0 atom stereocenters. The first-order valence-electron chi connectivity index (χ1n) is 6.67. The molecule has 0 spiro atoms. The zero-order chi connectivity index (χ0) is 11.7. The van der Waals surface area contributed by atoms with Gasteiger partial charge in [0.1, 0.15) is 0 Å².